The number of methoxy groups -OCH3 is 1. The second-order valence-corrected chi connectivity index (χ2v) is 3.65. The molecule has 3 heteroatoms. The summed E-state index contributed by atoms with van der Waals surface area (Å²) < 4.78 is 10.6. The molecule has 2 N–H and O–H groups in total. The molecule has 1 aromatic rings. The van der Waals surface area contributed by atoms with Gasteiger partial charge in [-0.15, -0.1) is 0 Å². The van der Waals surface area contributed by atoms with E-state index >= 15 is 0 Å². The third kappa shape index (κ3) is 4.21. The summed E-state index contributed by atoms with van der Waals surface area (Å²) in [4.78, 5) is 0. The predicted molar refractivity (Wildman–Crippen MR) is 61.3 cm³/mol. The summed E-state index contributed by atoms with van der Waals surface area (Å²) in [7, 11) is 1.65. The highest BCUT2D eigenvalue weighted by molar-refractivity contribution is 5.31. The Kier molecular flexibility index (Phi) is 4.98. The Hall–Kier alpha value is -1.22. The molecule has 0 amide bonds. The van der Waals surface area contributed by atoms with E-state index < -0.39 is 0 Å². The monoisotopic (exact) mass is 209 g/mol. The van der Waals surface area contributed by atoms with E-state index in [0.717, 1.165) is 17.9 Å². The van der Waals surface area contributed by atoms with Crippen LogP contribution in [0.25, 0.3) is 0 Å². The topological polar surface area (TPSA) is 44.5 Å². The van der Waals surface area contributed by atoms with Gasteiger partial charge in [0.15, 0.2) is 0 Å². The van der Waals surface area contributed by atoms with Gasteiger partial charge in [0.1, 0.15) is 11.5 Å². The minimum atomic E-state index is 0.517. The Morgan fingerprint density at radius 2 is 1.80 bits per heavy atom. The molecule has 1 aromatic carbocycles. The smallest absolute Gasteiger partial charge is 0.119 e. The van der Waals surface area contributed by atoms with Crippen LogP contribution in [0.15, 0.2) is 24.3 Å². The van der Waals surface area contributed by atoms with Crippen LogP contribution in [0, 0.1) is 5.92 Å². The maximum absolute atomic E-state index is 5.57. The summed E-state index contributed by atoms with van der Waals surface area (Å²) in [5.74, 6) is 2.24. The quantitative estimate of drug-likeness (QED) is 0.780. The standard InChI is InChI=1S/C12H19NO2/c1-10(9-13)7-8-15-12-5-3-11(14-2)4-6-12/h3-6,10H,7-9,13H2,1-2H3. The Balaban J connectivity index is 2.31. The second-order valence-electron chi connectivity index (χ2n) is 3.65. The van der Waals surface area contributed by atoms with Crippen LogP contribution in [0.2, 0.25) is 0 Å². The molecule has 1 rings (SSSR count). The van der Waals surface area contributed by atoms with Crippen molar-refractivity contribution >= 4 is 0 Å². The Morgan fingerprint density at radius 1 is 1.20 bits per heavy atom. The van der Waals surface area contributed by atoms with Crippen molar-refractivity contribution in [3.8, 4) is 11.5 Å². The summed E-state index contributed by atoms with van der Waals surface area (Å²) >= 11 is 0. The summed E-state index contributed by atoms with van der Waals surface area (Å²) in [6.07, 6.45) is 0.989. The maximum Gasteiger partial charge on any atom is 0.119 e. The van der Waals surface area contributed by atoms with Crippen LogP contribution < -0.4 is 15.2 Å². The van der Waals surface area contributed by atoms with Gasteiger partial charge in [-0.05, 0) is 43.1 Å². The minimum absolute atomic E-state index is 0.517. The molecule has 15 heavy (non-hydrogen) atoms. The van der Waals surface area contributed by atoms with E-state index in [9.17, 15) is 0 Å². The van der Waals surface area contributed by atoms with E-state index in [-0.39, 0.29) is 0 Å². The normalized spacial score (nSPS) is 12.2. The molecule has 0 fully saturated rings. The highest BCUT2D eigenvalue weighted by Crippen LogP contribution is 2.17. The molecule has 84 valence electrons. The molecule has 0 aliphatic carbocycles. The lowest BCUT2D eigenvalue weighted by Crippen LogP contribution is -2.13. The van der Waals surface area contributed by atoms with Crippen molar-refractivity contribution in [2.24, 2.45) is 11.7 Å². The molecule has 0 saturated heterocycles. The van der Waals surface area contributed by atoms with E-state index in [0.29, 0.717) is 19.1 Å². The number of rotatable bonds is 6. The highest BCUT2D eigenvalue weighted by Gasteiger charge is 1.99. The van der Waals surface area contributed by atoms with Gasteiger partial charge in [-0.3, -0.25) is 0 Å². The largest absolute Gasteiger partial charge is 0.497 e. The van der Waals surface area contributed by atoms with E-state index in [4.69, 9.17) is 15.2 Å². The fourth-order valence-electron chi connectivity index (χ4n) is 1.17. The van der Waals surface area contributed by atoms with Gasteiger partial charge >= 0.3 is 0 Å². The molecular weight excluding hydrogens is 190 g/mol. The number of ether oxygens (including phenoxy) is 2. The van der Waals surface area contributed by atoms with Crippen molar-refractivity contribution in [3.05, 3.63) is 24.3 Å². The van der Waals surface area contributed by atoms with Gasteiger partial charge in [-0.2, -0.15) is 0 Å². The first-order valence-corrected chi connectivity index (χ1v) is 5.23. The molecule has 0 heterocycles. The molecule has 0 spiro atoms. The van der Waals surface area contributed by atoms with E-state index in [1.165, 1.54) is 0 Å². The van der Waals surface area contributed by atoms with Crippen LogP contribution in [-0.4, -0.2) is 20.3 Å². The Bertz CT molecular complexity index is 271. The van der Waals surface area contributed by atoms with Crippen LogP contribution >= 0.6 is 0 Å². The number of benzene rings is 1. The van der Waals surface area contributed by atoms with Gasteiger partial charge in [-0.25, -0.2) is 0 Å². The fourth-order valence-corrected chi connectivity index (χ4v) is 1.17. The molecule has 0 saturated carbocycles. The van der Waals surface area contributed by atoms with Gasteiger partial charge in [0.25, 0.3) is 0 Å². The lowest BCUT2D eigenvalue weighted by atomic mass is 10.1. The number of nitrogens with two attached hydrogens (primary N) is 1. The minimum Gasteiger partial charge on any atom is -0.497 e. The van der Waals surface area contributed by atoms with Crippen molar-refractivity contribution < 1.29 is 9.47 Å². The lowest BCUT2D eigenvalue weighted by molar-refractivity contribution is 0.285. The third-order valence-electron chi connectivity index (χ3n) is 2.34. The Labute approximate surface area is 91.2 Å². The average Bonchev–Trinajstić information content (AvgIpc) is 2.29. The first kappa shape index (κ1) is 11.9. The summed E-state index contributed by atoms with van der Waals surface area (Å²) in [5.41, 5.74) is 5.52. The maximum atomic E-state index is 5.57. The summed E-state index contributed by atoms with van der Waals surface area (Å²) in [5, 5.41) is 0. The fraction of sp³-hybridized carbons (Fsp3) is 0.500. The van der Waals surface area contributed by atoms with Crippen molar-refractivity contribution in [3.63, 3.8) is 0 Å². The van der Waals surface area contributed by atoms with Crippen molar-refractivity contribution in [2.75, 3.05) is 20.3 Å². The number of hydrogen-bond donors (Lipinski definition) is 1. The molecule has 0 aromatic heterocycles. The zero-order valence-electron chi connectivity index (χ0n) is 9.40. The third-order valence-corrected chi connectivity index (χ3v) is 2.34. The molecule has 0 bridgehead atoms. The number of hydrogen-bond acceptors (Lipinski definition) is 3. The summed E-state index contributed by atoms with van der Waals surface area (Å²) in [6.45, 7) is 3.55. The van der Waals surface area contributed by atoms with Gasteiger partial charge in [0, 0.05) is 0 Å². The zero-order valence-corrected chi connectivity index (χ0v) is 9.40. The van der Waals surface area contributed by atoms with E-state index in [1.54, 1.807) is 7.11 Å². The molecule has 0 aliphatic rings. The van der Waals surface area contributed by atoms with Crippen molar-refractivity contribution in [1.29, 1.82) is 0 Å². The van der Waals surface area contributed by atoms with E-state index in [1.807, 2.05) is 24.3 Å². The molecule has 3 nitrogen and oxygen atoms in total. The highest BCUT2D eigenvalue weighted by atomic mass is 16.5. The van der Waals surface area contributed by atoms with Gasteiger partial charge in [-0.1, -0.05) is 6.92 Å². The van der Waals surface area contributed by atoms with Crippen LogP contribution in [0.4, 0.5) is 0 Å². The predicted octanol–water partition coefficient (Wildman–Crippen LogP) is 2.06. The van der Waals surface area contributed by atoms with Crippen LogP contribution in [0.3, 0.4) is 0 Å². The first-order valence-electron chi connectivity index (χ1n) is 5.23. The average molecular weight is 209 g/mol. The van der Waals surface area contributed by atoms with E-state index in [2.05, 4.69) is 6.92 Å². The van der Waals surface area contributed by atoms with Crippen molar-refractivity contribution in [2.45, 2.75) is 13.3 Å². The molecule has 1 unspecified atom stereocenters. The van der Waals surface area contributed by atoms with Gasteiger partial charge in [0.05, 0.1) is 13.7 Å². The van der Waals surface area contributed by atoms with Crippen LogP contribution in [0.1, 0.15) is 13.3 Å². The molecule has 0 aliphatic heterocycles. The first-order chi connectivity index (χ1) is 7.26. The summed E-state index contributed by atoms with van der Waals surface area (Å²) in [6, 6.07) is 7.60. The second kappa shape index (κ2) is 6.30. The molecule has 1 atom stereocenters. The van der Waals surface area contributed by atoms with Crippen molar-refractivity contribution in [1.82, 2.24) is 0 Å². The SMILES string of the molecule is COc1ccc(OCCC(C)CN)cc1. The Morgan fingerprint density at radius 3 is 2.33 bits per heavy atom. The van der Waals surface area contributed by atoms with Crippen LogP contribution in [-0.2, 0) is 0 Å². The molecule has 0 radical (unpaired) electrons. The molecular formula is C12H19NO2. The zero-order chi connectivity index (χ0) is 11.1. The van der Waals surface area contributed by atoms with Crippen LogP contribution in [0.5, 0.6) is 11.5 Å². The van der Waals surface area contributed by atoms with Gasteiger partial charge in [0.2, 0.25) is 0 Å². The van der Waals surface area contributed by atoms with Gasteiger partial charge < -0.3 is 15.2 Å². The lowest BCUT2D eigenvalue weighted by Gasteiger charge is -2.10.